The van der Waals surface area contributed by atoms with Gasteiger partial charge >= 0.3 is 0 Å². The summed E-state index contributed by atoms with van der Waals surface area (Å²) in [5.74, 6) is 0.352. The summed E-state index contributed by atoms with van der Waals surface area (Å²) < 4.78 is 0. The van der Waals surface area contributed by atoms with Gasteiger partial charge in [0, 0.05) is 5.69 Å². The normalized spacial score (nSPS) is 10.3. The van der Waals surface area contributed by atoms with Crippen LogP contribution in [0.3, 0.4) is 0 Å². The first-order chi connectivity index (χ1) is 8.70. The van der Waals surface area contributed by atoms with E-state index in [1.807, 2.05) is 24.3 Å². The van der Waals surface area contributed by atoms with E-state index in [0.29, 0.717) is 12.4 Å². The Morgan fingerprint density at radius 2 is 2.00 bits per heavy atom. The topological polar surface area (TPSA) is 110 Å². The first kappa shape index (κ1) is 12.1. The lowest BCUT2D eigenvalue weighted by Crippen LogP contribution is -2.14. The summed E-state index contributed by atoms with van der Waals surface area (Å²) in [5.41, 5.74) is 12.8. The number of hydrogen-bond acceptors (Lipinski definition) is 5. The molecule has 2 aromatic rings. The fraction of sp³-hybridized carbons (Fsp3) is 0.167. The summed E-state index contributed by atoms with van der Waals surface area (Å²) in [7, 11) is 0. The number of rotatable bonds is 4. The van der Waals surface area contributed by atoms with Gasteiger partial charge in [-0.05, 0) is 30.7 Å². The Morgan fingerprint density at radius 1 is 1.28 bits per heavy atom. The van der Waals surface area contributed by atoms with Gasteiger partial charge in [-0.25, -0.2) is 4.98 Å². The maximum atomic E-state index is 11.3. The molecule has 6 heteroatoms. The predicted molar refractivity (Wildman–Crippen MR) is 71.8 cm³/mol. The average molecular weight is 245 g/mol. The Labute approximate surface area is 104 Å². The molecule has 0 atom stereocenters. The molecule has 0 spiro atoms. The molecule has 1 heterocycles. The van der Waals surface area contributed by atoms with Crippen LogP contribution in [0.25, 0.3) is 0 Å². The molecule has 0 aliphatic heterocycles. The van der Waals surface area contributed by atoms with Crippen molar-refractivity contribution in [3.05, 3.63) is 46.5 Å². The van der Waals surface area contributed by atoms with Crippen molar-refractivity contribution in [2.45, 2.75) is 6.42 Å². The summed E-state index contributed by atoms with van der Waals surface area (Å²) in [6.45, 7) is 0.620. The Bertz CT molecular complexity index is 576. The molecule has 2 rings (SSSR count). The number of anilines is 3. The number of nitrogens with one attached hydrogen (secondary N) is 2. The zero-order valence-electron chi connectivity index (χ0n) is 9.81. The van der Waals surface area contributed by atoms with Crippen molar-refractivity contribution in [3.63, 3.8) is 0 Å². The number of nitrogens with two attached hydrogens (primary N) is 2. The second kappa shape index (κ2) is 5.33. The minimum atomic E-state index is -0.354. The molecule has 0 radical (unpaired) electrons. The van der Waals surface area contributed by atoms with E-state index in [2.05, 4.69) is 15.3 Å². The molecule has 94 valence electrons. The van der Waals surface area contributed by atoms with E-state index < -0.39 is 0 Å². The van der Waals surface area contributed by atoms with Crippen LogP contribution >= 0.6 is 0 Å². The molecule has 1 aromatic heterocycles. The van der Waals surface area contributed by atoms with Gasteiger partial charge in [-0.3, -0.25) is 4.79 Å². The van der Waals surface area contributed by atoms with Crippen molar-refractivity contribution in [2.24, 2.45) is 5.73 Å². The van der Waals surface area contributed by atoms with E-state index in [4.69, 9.17) is 11.5 Å². The van der Waals surface area contributed by atoms with Crippen molar-refractivity contribution in [1.29, 1.82) is 0 Å². The van der Waals surface area contributed by atoms with E-state index in [1.165, 1.54) is 6.33 Å². The summed E-state index contributed by atoms with van der Waals surface area (Å²) >= 11 is 0. The van der Waals surface area contributed by atoms with Crippen LogP contribution in [0.2, 0.25) is 0 Å². The highest BCUT2D eigenvalue weighted by Gasteiger charge is 2.04. The molecule has 0 bridgehead atoms. The van der Waals surface area contributed by atoms with Gasteiger partial charge in [0.25, 0.3) is 5.56 Å². The van der Waals surface area contributed by atoms with Crippen molar-refractivity contribution < 1.29 is 0 Å². The first-order valence-electron chi connectivity index (χ1n) is 5.60. The molecule has 0 saturated heterocycles. The van der Waals surface area contributed by atoms with Gasteiger partial charge in [0.05, 0.1) is 6.33 Å². The van der Waals surface area contributed by atoms with Crippen LogP contribution in [0.4, 0.5) is 17.2 Å². The Balaban J connectivity index is 2.18. The molecular weight excluding hydrogens is 230 g/mol. The van der Waals surface area contributed by atoms with E-state index >= 15 is 0 Å². The standard InChI is InChI=1S/C12H15N5O/c13-6-5-8-1-3-9(4-2-8)17-11-10(14)12(18)16-7-15-11/h1-4,7H,5-6,13-14H2,(H2,15,16,17,18). The number of aromatic nitrogens is 2. The second-order valence-electron chi connectivity index (χ2n) is 3.85. The first-order valence-corrected chi connectivity index (χ1v) is 5.60. The van der Waals surface area contributed by atoms with Gasteiger partial charge in [0.1, 0.15) is 5.69 Å². The van der Waals surface area contributed by atoms with Gasteiger partial charge in [-0.15, -0.1) is 0 Å². The Hall–Kier alpha value is -2.34. The van der Waals surface area contributed by atoms with Crippen LogP contribution in [-0.2, 0) is 6.42 Å². The number of benzene rings is 1. The third-order valence-corrected chi connectivity index (χ3v) is 2.54. The van der Waals surface area contributed by atoms with Crippen molar-refractivity contribution in [1.82, 2.24) is 9.97 Å². The monoisotopic (exact) mass is 245 g/mol. The number of nitrogen functional groups attached to an aromatic ring is 1. The van der Waals surface area contributed by atoms with Crippen LogP contribution in [0.15, 0.2) is 35.4 Å². The van der Waals surface area contributed by atoms with Crippen molar-refractivity contribution in [2.75, 3.05) is 17.6 Å². The maximum absolute atomic E-state index is 11.3. The van der Waals surface area contributed by atoms with Crippen molar-refractivity contribution >= 4 is 17.2 Å². The molecule has 0 aliphatic rings. The van der Waals surface area contributed by atoms with E-state index in [9.17, 15) is 4.79 Å². The number of hydrogen-bond donors (Lipinski definition) is 4. The number of H-pyrrole nitrogens is 1. The molecule has 1 aromatic carbocycles. The van der Waals surface area contributed by atoms with Gasteiger partial charge in [0.15, 0.2) is 5.82 Å². The second-order valence-corrected chi connectivity index (χ2v) is 3.85. The fourth-order valence-electron chi connectivity index (χ4n) is 1.57. The minimum absolute atomic E-state index is 0.0727. The van der Waals surface area contributed by atoms with Crippen LogP contribution in [0.1, 0.15) is 5.56 Å². The van der Waals surface area contributed by atoms with Gasteiger partial charge in [-0.1, -0.05) is 12.1 Å². The fourth-order valence-corrected chi connectivity index (χ4v) is 1.57. The maximum Gasteiger partial charge on any atom is 0.276 e. The molecule has 0 unspecified atom stereocenters. The molecular formula is C12H15N5O. The summed E-state index contributed by atoms with van der Waals surface area (Å²) in [5, 5.41) is 2.99. The highest BCUT2D eigenvalue weighted by atomic mass is 16.1. The van der Waals surface area contributed by atoms with Gasteiger partial charge in [0.2, 0.25) is 0 Å². The van der Waals surface area contributed by atoms with Crippen LogP contribution in [0.5, 0.6) is 0 Å². The van der Waals surface area contributed by atoms with Gasteiger partial charge in [-0.2, -0.15) is 0 Å². The van der Waals surface area contributed by atoms with Gasteiger partial charge < -0.3 is 21.8 Å². The largest absolute Gasteiger partial charge is 0.391 e. The Kier molecular flexibility index (Phi) is 3.59. The van der Waals surface area contributed by atoms with E-state index in [-0.39, 0.29) is 11.2 Å². The lowest BCUT2D eigenvalue weighted by atomic mass is 10.1. The van der Waals surface area contributed by atoms with E-state index in [0.717, 1.165) is 17.7 Å². The molecule has 0 amide bonds. The molecule has 0 saturated carbocycles. The van der Waals surface area contributed by atoms with E-state index in [1.54, 1.807) is 0 Å². The summed E-state index contributed by atoms with van der Waals surface area (Å²) in [6, 6.07) is 7.73. The van der Waals surface area contributed by atoms with Crippen molar-refractivity contribution in [3.8, 4) is 0 Å². The quantitative estimate of drug-likeness (QED) is 0.630. The van der Waals surface area contributed by atoms with Crippen LogP contribution in [-0.4, -0.2) is 16.5 Å². The average Bonchev–Trinajstić information content (AvgIpc) is 2.38. The zero-order chi connectivity index (χ0) is 13.0. The SMILES string of the molecule is NCCc1ccc(Nc2nc[nH]c(=O)c2N)cc1. The Morgan fingerprint density at radius 3 is 2.67 bits per heavy atom. The zero-order valence-corrected chi connectivity index (χ0v) is 9.81. The predicted octanol–water partition coefficient (Wildman–Crippen LogP) is 0.597. The molecule has 0 aliphatic carbocycles. The van der Waals surface area contributed by atoms with Crippen LogP contribution in [0, 0.1) is 0 Å². The number of nitrogens with zero attached hydrogens (tertiary/aromatic N) is 1. The molecule has 6 nitrogen and oxygen atoms in total. The highest BCUT2D eigenvalue weighted by Crippen LogP contribution is 2.17. The summed E-state index contributed by atoms with van der Waals surface area (Å²) in [6.07, 6.45) is 2.15. The minimum Gasteiger partial charge on any atom is -0.391 e. The third kappa shape index (κ3) is 2.67. The lowest BCUT2D eigenvalue weighted by molar-refractivity contribution is 0.969. The number of aromatic amines is 1. The smallest absolute Gasteiger partial charge is 0.276 e. The lowest BCUT2D eigenvalue weighted by Gasteiger charge is -2.07. The third-order valence-electron chi connectivity index (χ3n) is 2.54. The molecule has 18 heavy (non-hydrogen) atoms. The summed E-state index contributed by atoms with van der Waals surface area (Å²) in [4.78, 5) is 17.7. The molecule has 6 N–H and O–H groups in total. The molecule has 0 fully saturated rings. The van der Waals surface area contributed by atoms with Crippen LogP contribution < -0.4 is 22.3 Å². The highest BCUT2D eigenvalue weighted by molar-refractivity contribution is 5.67.